The van der Waals surface area contributed by atoms with Crippen molar-refractivity contribution in [3.63, 3.8) is 0 Å². The van der Waals surface area contributed by atoms with Crippen LogP contribution in [0.15, 0.2) is 48.6 Å². The Morgan fingerprint density at radius 1 is 0.615 bits per heavy atom. The first kappa shape index (κ1) is 49.9. The Morgan fingerprint density at radius 3 is 1.56 bits per heavy atom. The van der Waals surface area contributed by atoms with Crippen molar-refractivity contribution in [2.75, 3.05) is 73.9 Å². The minimum absolute atomic E-state index is 0.0167. The molecule has 12 heteroatoms. The molecule has 302 valence electrons. The van der Waals surface area contributed by atoms with Gasteiger partial charge in [0.05, 0.1) is 41.0 Å². The molecular formula is C40H73NO10P+. The van der Waals surface area contributed by atoms with Crippen molar-refractivity contribution in [3.05, 3.63) is 48.6 Å². The van der Waals surface area contributed by atoms with E-state index in [0.717, 1.165) is 90.3 Å². The number of carbonyl (C=O) groups is 2. The highest BCUT2D eigenvalue weighted by Crippen LogP contribution is 2.43. The summed E-state index contributed by atoms with van der Waals surface area (Å²) < 4.78 is 45.3. The molecule has 11 nitrogen and oxygen atoms in total. The number of carbonyl (C=O) groups excluding carboxylic acids is 2. The summed E-state index contributed by atoms with van der Waals surface area (Å²) in [4.78, 5) is 35.2. The molecular weight excluding hydrogens is 685 g/mol. The van der Waals surface area contributed by atoms with E-state index in [4.69, 9.17) is 28.0 Å². The summed E-state index contributed by atoms with van der Waals surface area (Å²) in [5.41, 5.74) is 0. The molecule has 0 aliphatic heterocycles. The van der Waals surface area contributed by atoms with E-state index in [1.54, 1.807) is 0 Å². The molecule has 1 N–H and O–H groups in total. The zero-order valence-electron chi connectivity index (χ0n) is 33.2. The summed E-state index contributed by atoms with van der Waals surface area (Å²) in [5.74, 6) is -0.863. The van der Waals surface area contributed by atoms with Gasteiger partial charge in [-0.05, 0) is 39.5 Å². The third-order valence-electron chi connectivity index (χ3n) is 7.82. The molecule has 0 rings (SSSR count). The molecule has 0 heterocycles. The number of hydrogen-bond donors (Lipinski definition) is 1. The van der Waals surface area contributed by atoms with Gasteiger partial charge < -0.3 is 28.3 Å². The van der Waals surface area contributed by atoms with Gasteiger partial charge in [-0.3, -0.25) is 18.6 Å². The number of esters is 2. The smallest absolute Gasteiger partial charge is 0.462 e. The highest BCUT2D eigenvalue weighted by Gasteiger charge is 2.27. The summed E-state index contributed by atoms with van der Waals surface area (Å²) in [6.07, 6.45) is 29.3. The lowest BCUT2D eigenvalue weighted by atomic mass is 10.1. The second-order valence-electron chi connectivity index (χ2n) is 13.9. The Bertz CT molecular complexity index is 1040. The topological polar surface area (TPSA) is 127 Å². The zero-order valence-corrected chi connectivity index (χ0v) is 34.1. The molecule has 52 heavy (non-hydrogen) atoms. The summed E-state index contributed by atoms with van der Waals surface area (Å²) >= 11 is 0. The number of unbranched alkanes of at least 4 members (excludes halogenated alkanes) is 12. The van der Waals surface area contributed by atoms with Crippen molar-refractivity contribution in [1.82, 2.24) is 0 Å². The van der Waals surface area contributed by atoms with Crippen molar-refractivity contribution in [3.8, 4) is 0 Å². The van der Waals surface area contributed by atoms with Crippen LogP contribution in [0.25, 0.3) is 0 Å². The van der Waals surface area contributed by atoms with Crippen molar-refractivity contribution in [2.45, 2.75) is 123 Å². The Labute approximate surface area is 316 Å². The molecule has 0 radical (unpaired) electrons. The summed E-state index contributed by atoms with van der Waals surface area (Å²) in [5, 5.41) is 0. The summed E-state index contributed by atoms with van der Waals surface area (Å²) in [7, 11) is 1.42. The van der Waals surface area contributed by atoms with E-state index >= 15 is 0 Å². The standard InChI is InChI=1S/C40H72NO10P/c1-6-8-10-24-31-46-33-26-20-16-12-14-18-22-28-39(42)48-36-38(37-50-52(44,45)49-35-30-41(3,4)5)51-40(43)29-23-19-15-13-17-21-27-34-47-32-25-11-9-7-2/h6-11,24-25,38H,12-23,26-37H2,1-5H3/p+1/b8-6+,9-7+,24-10+,25-11+/t38-/m1/s1. The fourth-order valence-electron chi connectivity index (χ4n) is 4.77. The van der Waals surface area contributed by atoms with Gasteiger partial charge in [-0.1, -0.05) is 113 Å². The average Bonchev–Trinajstić information content (AvgIpc) is 3.09. The second-order valence-corrected chi connectivity index (χ2v) is 15.4. The van der Waals surface area contributed by atoms with Crippen molar-refractivity contribution in [1.29, 1.82) is 0 Å². The molecule has 0 aliphatic carbocycles. The molecule has 0 fully saturated rings. The third-order valence-corrected chi connectivity index (χ3v) is 8.80. The monoisotopic (exact) mass is 758 g/mol. The number of phosphoric ester groups is 1. The van der Waals surface area contributed by atoms with Crippen LogP contribution in [0.5, 0.6) is 0 Å². The number of likely N-dealkylation sites (N-methyl/N-ethyl adjacent to an activating group) is 1. The van der Waals surface area contributed by atoms with Gasteiger partial charge in [-0.15, -0.1) is 0 Å². The maximum atomic E-state index is 12.6. The minimum Gasteiger partial charge on any atom is -0.462 e. The third kappa shape index (κ3) is 37.6. The lowest BCUT2D eigenvalue weighted by Gasteiger charge is -2.24. The number of rotatable bonds is 36. The fraction of sp³-hybridized carbons (Fsp3) is 0.750. The first-order chi connectivity index (χ1) is 25.0. The van der Waals surface area contributed by atoms with Crippen molar-refractivity contribution < 1.29 is 51.5 Å². The van der Waals surface area contributed by atoms with Gasteiger partial charge in [0.2, 0.25) is 0 Å². The SMILES string of the molecule is C/C=C/C=C/COCCCCCCCCCC(=O)OC[C@H](COP(=O)(O)OCC[N+](C)(C)C)OC(=O)CCCCCCCCCOC/C=C/C=C/C. The number of allylic oxidation sites excluding steroid dienone is 6. The molecule has 0 spiro atoms. The van der Waals surface area contributed by atoms with Gasteiger partial charge in [0, 0.05) is 26.1 Å². The Morgan fingerprint density at radius 2 is 1.08 bits per heavy atom. The van der Waals surface area contributed by atoms with Crippen LogP contribution in [0.2, 0.25) is 0 Å². The molecule has 0 bridgehead atoms. The van der Waals surface area contributed by atoms with E-state index in [1.165, 1.54) is 0 Å². The number of quaternary nitrogens is 1. The summed E-state index contributed by atoms with van der Waals surface area (Å²) in [6.45, 7) is 6.59. The first-order valence-corrected chi connectivity index (χ1v) is 21.0. The van der Waals surface area contributed by atoms with Crippen LogP contribution < -0.4 is 0 Å². The second kappa shape index (κ2) is 34.6. The van der Waals surface area contributed by atoms with Crippen LogP contribution in [0.3, 0.4) is 0 Å². The lowest BCUT2D eigenvalue weighted by molar-refractivity contribution is -0.870. The highest BCUT2D eigenvalue weighted by atomic mass is 31.2. The van der Waals surface area contributed by atoms with E-state index in [-0.39, 0.29) is 26.1 Å². The van der Waals surface area contributed by atoms with Crippen molar-refractivity contribution >= 4 is 19.8 Å². The van der Waals surface area contributed by atoms with Gasteiger partial charge in [0.25, 0.3) is 0 Å². The van der Waals surface area contributed by atoms with E-state index < -0.39 is 32.5 Å². The van der Waals surface area contributed by atoms with Crippen LogP contribution in [0.4, 0.5) is 0 Å². The maximum absolute atomic E-state index is 12.6. The molecule has 0 aromatic heterocycles. The molecule has 0 saturated carbocycles. The van der Waals surface area contributed by atoms with Gasteiger partial charge in [-0.25, -0.2) is 4.57 Å². The van der Waals surface area contributed by atoms with E-state index in [0.29, 0.717) is 37.1 Å². The van der Waals surface area contributed by atoms with Crippen LogP contribution in [0, 0.1) is 0 Å². The van der Waals surface area contributed by atoms with Gasteiger partial charge in [-0.2, -0.15) is 0 Å². The Kier molecular flexibility index (Phi) is 33.2. The number of ether oxygens (including phenoxy) is 4. The van der Waals surface area contributed by atoms with Gasteiger partial charge >= 0.3 is 19.8 Å². The first-order valence-electron chi connectivity index (χ1n) is 19.5. The van der Waals surface area contributed by atoms with Gasteiger partial charge in [0.1, 0.15) is 19.8 Å². The van der Waals surface area contributed by atoms with Crippen LogP contribution in [-0.2, 0) is 42.1 Å². The lowest BCUT2D eigenvalue weighted by Crippen LogP contribution is -2.37. The molecule has 0 aromatic carbocycles. The fourth-order valence-corrected chi connectivity index (χ4v) is 5.51. The molecule has 1 unspecified atom stereocenters. The van der Waals surface area contributed by atoms with E-state index in [1.807, 2.05) is 83.6 Å². The molecule has 0 amide bonds. The minimum atomic E-state index is -4.39. The molecule has 0 aliphatic rings. The predicted octanol–water partition coefficient (Wildman–Crippen LogP) is 8.82. The number of nitrogens with zero attached hydrogens (tertiary/aromatic N) is 1. The largest absolute Gasteiger partial charge is 0.472 e. The predicted molar refractivity (Wildman–Crippen MR) is 209 cm³/mol. The Balaban J connectivity index is 4.39. The quantitative estimate of drug-likeness (QED) is 0.0218. The molecule has 0 aromatic rings. The number of phosphoric acid groups is 1. The van der Waals surface area contributed by atoms with Crippen LogP contribution >= 0.6 is 7.82 Å². The summed E-state index contributed by atoms with van der Waals surface area (Å²) in [6, 6.07) is 0. The molecule has 0 saturated heterocycles. The van der Waals surface area contributed by atoms with Crippen LogP contribution in [-0.4, -0.2) is 101 Å². The zero-order chi connectivity index (χ0) is 38.6. The molecule has 2 atom stereocenters. The number of hydrogen-bond acceptors (Lipinski definition) is 9. The van der Waals surface area contributed by atoms with E-state index in [2.05, 4.69) is 0 Å². The van der Waals surface area contributed by atoms with Gasteiger partial charge in [0.15, 0.2) is 6.10 Å². The van der Waals surface area contributed by atoms with Crippen molar-refractivity contribution in [2.24, 2.45) is 0 Å². The maximum Gasteiger partial charge on any atom is 0.472 e. The highest BCUT2D eigenvalue weighted by molar-refractivity contribution is 7.47. The average molecular weight is 759 g/mol. The van der Waals surface area contributed by atoms with Crippen LogP contribution in [0.1, 0.15) is 117 Å². The van der Waals surface area contributed by atoms with E-state index in [9.17, 15) is 19.0 Å². The Hall–Kier alpha value is -2.11. The normalized spacial score (nSPS) is 14.2.